The summed E-state index contributed by atoms with van der Waals surface area (Å²) < 4.78 is 111. The average Bonchev–Trinajstić information content (AvgIpc) is 3.04. The Morgan fingerprint density at radius 1 is 1.21 bits per heavy atom. The van der Waals surface area contributed by atoms with E-state index < -0.39 is 70.3 Å². The Balaban J connectivity index is 1.96. The molecule has 2 aromatic rings. The van der Waals surface area contributed by atoms with Crippen LogP contribution in [0, 0.1) is 0 Å². The minimum Gasteiger partial charge on any atom is -0.404 e. The number of urea groups is 1. The number of aromatic nitrogens is 2. The first-order valence-electron chi connectivity index (χ1n) is 10.2. The van der Waals surface area contributed by atoms with Gasteiger partial charge in [0.25, 0.3) is 0 Å². The van der Waals surface area contributed by atoms with Gasteiger partial charge in [0.05, 0.1) is 28.9 Å². The van der Waals surface area contributed by atoms with Gasteiger partial charge >= 0.3 is 30.4 Å². The molecule has 1 fully saturated rings. The van der Waals surface area contributed by atoms with Crippen LogP contribution in [0.3, 0.4) is 0 Å². The summed E-state index contributed by atoms with van der Waals surface area (Å²) in [6.45, 7) is 1.03. The van der Waals surface area contributed by atoms with Crippen molar-refractivity contribution in [3.8, 4) is 5.75 Å². The van der Waals surface area contributed by atoms with E-state index in [1.54, 1.807) is 13.8 Å². The second-order valence-electron chi connectivity index (χ2n) is 8.64. The lowest BCUT2D eigenvalue weighted by Gasteiger charge is -2.28. The van der Waals surface area contributed by atoms with Gasteiger partial charge in [0.2, 0.25) is 5.95 Å². The molecule has 0 unspecified atom stereocenters. The maximum atomic E-state index is 13.9. The predicted molar refractivity (Wildman–Crippen MR) is 117 cm³/mol. The van der Waals surface area contributed by atoms with Gasteiger partial charge < -0.3 is 15.8 Å². The molecule has 208 valence electrons. The number of ether oxygens (including phenoxy) is 1. The molecule has 18 heteroatoms. The van der Waals surface area contributed by atoms with Gasteiger partial charge in [-0.1, -0.05) is 11.6 Å². The van der Waals surface area contributed by atoms with E-state index in [0.717, 1.165) is 11.1 Å². The van der Waals surface area contributed by atoms with Gasteiger partial charge in [0, 0.05) is 5.69 Å². The van der Waals surface area contributed by atoms with Crippen LogP contribution >= 0.6 is 11.6 Å². The van der Waals surface area contributed by atoms with E-state index in [1.165, 1.54) is 0 Å². The van der Waals surface area contributed by atoms with Crippen molar-refractivity contribution in [3.05, 3.63) is 35.0 Å². The minimum absolute atomic E-state index is 0.100. The number of amides is 3. The number of nitrogens with two attached hydrogens (primary N) is 1. The van der Waals surface area contributed by atoms with Crippen LogP contribution in [0.5, 0.6) is 5.75 Å². The van der Waals surface area contributed by atoms with Crippen molar-refractivity contribution < 1.29 is 49.4 Å². The van der Waals surface area contributed by atoms with Crippen molar-refractivity contribution in [3.63, 3.8) is 0 Å². The van der Waals surface area contributed by atoms with Crippen LogP contribution in [0.15, 0.2) is 24.4 Å². The maximum absolute atomic E-state index is 13.9. The van der Waals surface area contributed by atoms with E-state index in [-0.39, 0.29) is 23.5 Å². The molecule has 0 radical (unpaired) electrons. The Bertz CT molecular complexity index is 1250. The maximum Gasteiger partial charge on any atom is 0.455 e. The third-order valence-electron chi connectivity index (χ3n) is 5.01. The summed E-state index contributed by atoms with van der Waals surface area (Å²) in [6.07, 6.45) is -12.5. The number of nitrogens with zero attached hydrogens (tertiary/aromatic N) is 4. The summed E-state index contributed by atoms with van der Waals surface area (Å²) in [4.78, 5) is 33.0. The number of rotatable bonds is 5. The number of hydrogen-bond donors (Lipinski definition) is 2. The van der Waals surface area contributed by atoms with Crippen LogP contribution in [-0.4, -0.2) is 52.8 Å². The molecule has 38 heavy (non-hydrogen) atoms. The summed E-state index contributed by atoms with van der Waals surface area (Å²) in [7, 11) is 0. The molecule has 0 atom stereocenters. The van der Waals surface area contributed by atoms with E-state index in [0.29, 0.717) is 12.1 Å². The fourth-order valence-corrected chi connectivity index (χ4v) is 3.43. The number of carbonyl (C=O) groups is 2. The average molecular weight is 577 g/mol. The molecule has 0 aliphatic carbocycles. The summed E-state index contributed by atoms with van der Waals surface area (Å²) in [5.74, 6) is -7.18. The molecule has 0 spiro atoms. The molecule has 1 aromatic heterocycles. The minimum atomic E-state index is -6.17. The second-order valence-corrected chi connectivity index (χ2v) is 9.05. The zero-order chi connectivity index (χ0) is 28.8. The first kappa shape index (κ1) is 28.9. The number of halogens is 9. The lowest BCUT2D eigenvalue weighted by molar-refractivity contribution is -0.276. The summed E-state index contributed by atoms with van der Waals surface area (Å²) in [5, 5.41) is 1.71. The van der Waals surface area contributed by atoms with Crippen LogP contribution < -0.4 is 25.6 Å². The van der Waals surface area contributed by atoms with E-state index in [2.05, 4.69) is 15.3 Å². The molecule has 3 rings (SSSR count). The summed E-state index contributed by atoms with van der Waals surface area (Å²) >= 11 is 5.47. The SMILES string of the molecule is CC1(C)CN(c2ncc(OC(=O)N(CC(F)(F)C(F)(F)F)c3ccc(Cl)c(C(F)(F)F)c3)c(N)n2)C(=O)N1. The molecular formula is C20H17ClF8N6O3. The summed E-state index contributed by atoms with van der Waals surface area (Å²) in [6, 6.07) is 0.679. The second kappa shape index (κ2) is 9.59. The lowest BCUT2D eigenvalue weighted by Crippen LogP contribution is -2.50. The third-order valence-corrected chi connectivity index (χ3v) is 5.34. The van der Waals surface area contributed by atoms with E-state index in [9.17, 15) is 44.7 Å². The first-order valence-corrected chi connectivity index (χ1v) is 10.6. The number of nitrogens with one attached hydrogen (secondary N) is 1. The highest BCUT2D eigenvalue weighted by molar-refractivity contribution is 6.31. The highest BCUT2D eigenvalue weighted by atomic mass is 35.5. The number of carbonyl (C=O) groups excluding carboxylic acids is 2. The van der Waals surface area contributed by atoms with E-state index in [4.69, 9.17) is 22.1 Å². The fourth-order valence-electron chi connectivity index (χ4n) is 3.21. The number of benzene rings is 1. The molecular weight excluding hydrogens is 560 g/mol. The molecule has 1 aliphatic heterocycles. The van der Waals surface area contributed by atoms with Gasteiger partial charge in [-0.15, -0.1) is 0 Å². The molecule has 3 N–H and O–H groups in total. The molecule has 1 aromatic carbocycles. The molecule has 0 bridgehead atoms. The Labute approximate surface area is 213 Å². The first-order chi connectivity index (χ1) is 17.2. The van der Waals surface area contributed by atoms with Gasteiger partial charge in [-0.3, -0.25) is 9.80 Å². The molecule has 3 amide bonds. The van der Waals surface area contributed by atoms with Gasteiger partial charge in [-0.2, -0.15) is 40.1 Å². The van der Waals surface area contributed by atoms with Gasteiger partial charge in [0.1, 0.15) is 6.54 Å². The van der Waals surface area contributed by atoms with E-state index >= 15 is 0 Å². The predicted octanol–water partition coefficient (Wildman–Crippen LogP) is 5.24. The number of alkyl halides is 8. The van der Waals surface area contributed by atoms with Crippen molar-refractivity contribution in [1.29, 1.82) is 0 Å². The highest BCUT2D eigenvalue weighted by Gasteiger charge is 2.59. The fraction of sp³-hybridized carbons (Fsp3) is 0.400. The number of anilines is 3. The van der Waals surface area contributed by atoms with Crippen LogP contribution in [0.25, 0.3) is 0 Å². The molecule has 9 nitrogen and oxygen atoms in total. The lowest BCUT2D eigenvalue weighted by atomic mass is 10.1. The topological polar surface area (TPSA) is 114 Å². The smallest absolute Gasteiger partial charge is 0.404 e. The molecule has 1 saturated heterocycles. The van der Waals surface area contributed by atoms with Crippen molar-refractivity contribution in [2.75, 3.05) is 28.6 Å². The number of hydrogen-bond acceptors (Lipinski definition) is 6. The normalized spacial score (nSPS) is 15.9. The monoisotopic (exact) mass is 576 g/mol. The quantitative estimate of drug-likeness (QED) is 0.471. The largest absolute Gasteiger partial charge is 0.455 e. The van der Waals surface area contributed by atoms with Gasteiger partial charge in [-0.05, 0) is 32.0 Å². The van der Waals surface area contributed by atoms with Crippen molar-refractivity contribution in [2.45, 2.75) is 37.7 Å². The molecule has 1 aliphatic rings. The van der Waals surface area contributed by atoms with Gasteiger partial charge in [-0.25, -0.2) is 14.6 Å². The number of nitrogen functional groups attached to an aromatic ring is 1. The highest BCUT2D eigenvalue weighted by Crippen LogP contribution is 2.40. The molecule has 2 heterocycles. The van der Waals surface area contributed by atoms with E-state index in [1.807, 2.05) is 0 Å². The molecule has 0 saturated carbocycles. The Hall–Kier alpha value is -3.63. The van der Waals surface area contributed by atoms with Crippen molar-refractivity contribution in [2.24, 2.45) is 0 Å². The van der Waals surface area contributed by atoms with Gasteiger partial charge in [0.15, 0.2) is 11.6 Å². The summed E-state index contributed by atoms with van der Waals surface area (Å²) in [5.41, 5.74) is 2.37. The third kappa shape index (κ3) is 6.08. The standard InChI is InChI=1S/C20H17ClF8N6O3/c1-17(2)7-35(15(36)33-17)14-31-6-12(13(30)32-14)38-16(37)34(8-18(22,23)20(27,28)29)9-3-4-11(21)10(5-9)19(24,25)26/h3-6H,7-8H2,1-2H3,(H,33,36)(H2,30,31,32). The van der Waals surface area contributed by atoms with Crippen LogP contribution in [0.1, 0.15) is 19.4 Å². The van der Waals surface area contributed by atoms with Crippen molar-refractivity contribution in [1.82, 2.24) is 15.3 Å². The Kier molecular flexibility index (Phi) is 7.31. The van der Waals surface area contributed by atoms with Crippen LogP contribution in [0.4, 0.5) is 62.2 Å². The zero-order valence-electron chi connectivity index (χ0n) is 19.2. The Morgan fingerprint density at radius 3 is 2.34 bits per heavy atom. The Morgan fingerprint density at radius 2 is 1.84 bits per heavy atom. The van der Waals surface area contributed by atoms with Crippen LogP contribution in [-0.2, 0) is 6.18 Å². The van der Waals surface area contributed by atoms with Crippen LogP contribution in [0.2, 0.25) is 5.02 Å². The zero-order valence-corrected chi connectivity index (χ0v) is 20.0. The van der Waals surface area contributed by atoms with Crippen molar-refractivity contribution >= 4 is 41.2 Å².